The molecule has 0 aliphatic heterocycles. The summed E-state index contributed by atoms with van der Waals surface area (Å²) in [5.74, 6) is 1.79. The molecule has 6 rings (SSSR count). The monoisotopic (exact) mass is 444 g/mol. The van der Waals surface area contributed by atoms with Gasteiger partial charge < -0.3 is 4.42 Å². The lowest BCUT2D eigenvalue weighted by Crippen LogP contribution is -2.30. The highest BCUT2D eigenvalue weighted by atomic mass is 16.3. The van der Waals surface area contributed by atoms with E-state index >= 15 is 0 Å². The Kier molecular flexibility index (Phi) is 4.63. The van der Waals surface area contributed by atoms with Gasteiger partial charge in [-0.15, -0.1) is 0 Å². The van der Waals surface area contributed by atoms with Crippen molar-refractivity contribution in [2.45, 2.75) is 20.8 Å². The minimum atomic E-state index is 0.676. The minimum absolute atomic E-state index is 0.676. The molecule has 0 bridgehead atoms. The quantitative estimate of drug-likeness (QED) is 0.280. The zero-order chi connectivity index (χ0) is 23.4. The van der Waals surface area contributed by atoms with Gasteiger partial charge in [0.25, 0.3) is 5.82 Å². The summed E-state index contributed by atoms with van der Waals surface area (Å²) in [6.45, 7) is 6.35. The fraction of sp³-hybridized carbons (Fsp3) is 0.133. The molecule has 0 aliphatic carbocycles. The second-order valence-corrected chi connectivity index (χ2v) is 8.96. The summed E-state index contributed by atoms with van der Waals surface area (Å²) >= 11 is 0. The van der Waals surface area contributed by atoms with Gasteiger partial charge in [-0.2, -0.15) is 4.57 Å². The van der Waals surface area contributed by atoms with E-state index in [2.05, 4.69) is 122 Å². The Morgan fingerprint density at radius 2 is 1.47 bits per heavy atom. The molecule has 0 saturated carbocycles. The van der Waals surface area contributed by atoms with Crippen LogP contribution in [0.25, 0.3) is 50.7 Å². The lowest BCUT2D eigenvalue weighted by Gasteiger charge is -2.06. The van der Waals surface area contributed by atoms with Gasteiger partial charge >= 0.3 is 0 Å². The average Bonchev–Trinajstić information content (AvgIpc) is 3.37. The lowest BCUT2D eigenvalue weighted by molar-refractivity contribution is -0.633. The Hall–Kier alpha value is -4.18. The number of hydrogen-bond donors (Lipinski definition) is 0. The van der Waals surface area contributed by atoms with Gasteiger partial charge in [0, 0.05) is 5.56 Å². The van der Waals surface area contributed by atoms with Crippen LogP contribution in [0.1, 0.15) is 16.7 Å². The van der Waals surface area contributed by atoms with Crippen molar-refractivity contribution < 1.29 is 8.98 Å². The fourth-order valence-electron chi connectivity index (χ4n) is 5.03. The standard InChI is InChI=1S/C30H26N3O/c1-19-11-10-12-20(2)28(19)29-31-24-18-23(21(3)17-27(24)34-29)30-32(4)25-15-8-9-16-26(25)33(30)22-13-6-5-7-14-22/h5-18H,1-4H3/q+1. The number of rotatable bonds is 3. The second-order valence-electron chi connectivity index (χ2n) is 8.96. The molecule has 2 heterocycles. The van der Waals surface area contributed by atoms with Crippen LogP contribution in [-0.2, 0) is 7.05 Å². The summed E-state index contributed by atoms with van der Waals surface area (Å²) in [5.41, 5.74) is 10.8. The van der Waals surface area contributed by atoms with Gasteiger partial charge in [-0.25, -0.2) is 9.55 Å². The molecule has 0 spiro atoms. The van der Waals surface area contributed by atoms with Crippen molar-refractivity contribution in [3.05, 3.63) is 102 Å². The maximum absolute atomic E-state index is 6.27. The number of imidazole rings is 1. The first-order valence-electron chi connectivity index (χ1n) is 11.6. The molecule has 34 heavy (non-hydrogen) atoms. The van der Waals surface area contributed by atoms with E-state index in [-0.39, 0.29) is 0 Å². The second kappa shape index (κ2) is 7.70. The number of oxazole rings is 1. The summed E-state index contributed by atoms with van der Waals surface area (Å²) in [6, 6.07) is 29.6. The third-order valence-electron chi connectivity index (χ3n) is 6.70. The molecule has 0 amide bonds. The van der Waals surface area contributed by atoms with E-state index in [0.717, 1.165) is 39.3 Å². The van der Waals surface area contributed by atoms with Gasteiger partial charge in [0.05, 0.1) is 12.6 Å². The molecule has 4 heteroatoms. The SMILES string of the molecule is Cc1cc2oc(-c3c(C)cccc3C)nc2cc1-c1n(-c2ccccc2)c2ccccc2[n+]1C. The average molecular weight is 445 g/mol. The van der Waals surface area contributed by atoms with Gasteiger partial charge in [-0.05, 0) is 73.9 Å². The highest BCUT2D eigenvalue weighted by Gasteiger charge is 2.27. The van der Waals surface area contributed by atoms with Gasteiger partial charge in [0.2, 0.25) is 5.89 Å². The van der Waals surface area contributed by atoms with Crippen molar-refractivity contribution in [1.82, 2.24) is 9.55 Å². The predicted octanol–water partition coefficient (Wildman–Crippen LogP) is 6.86. The third kappa shape index (κ3) is 3.06. The number of benzene rings is 4. The third-order valence-corrected chi connectivity index (χ3v) is 6.70. The fourth-order valence-corrected chi connectivity index (χ4v) is 5.03. The van der Waals surface area contributed by atoms with Gasteiger partial charge in [0.1, 0.15) is 11.2 Å². The molecule has 4 aromatic carbocycles. The van der Waals surface area contributed by atoms with Crippen LogP contribution in [0.3, 0.4) is 0 Å². The molecular weight excluding hydrogens is 418 g/mol. The summed E-state index contributed by atoms with van der Waals surface area (Å²) in [7, 11) is 2.13. The topological polar surface area (TPSA) is 34.8 Å². The number of nitrogens with zero attached hydrogens (tertiary/aromatic N) is 3. The maximum atomic E-state index is 6.27. The number of aryl methyl sites for hydroxylation is 4. The Morgan fingerprint density at radius 1 is 0.765 bits per heavy atom. The molecule has 0 radical (unpaired) electrons. The first kappa shape index (κ1) is 20.4. The minimum Gasteiger partial charge on any atom is -0.436 e. The van der Waals surface area contributed by atoms with Gasteiger partial charge in [-0.3, -0.25) is 0 Å². The molecule has 0 atom stereocenters. The van der Waals surface area contributed by atoms with E-state index in [1.165, 1.54) is 22.2 Å². The summed E-state index contributed by atoms with van der Waals surface area (Å²) in [5, 5.41) is 0. The highest BCUT2D eigenvalue weighted by Crippen LogP contribution is 2.34. The molecule has 0 N–H and O–H groups in total. The first-order chi connectivity index (χ1) is 16.5. The summed E-state index contributed by atoms with van der Waals surface area (Å²) < 4.78 is 10.9. The number of aromatic nitrogens is 3. The van der Waals surface area contributed by atoms with Crippen LogP contribution in [0.5, 0.6) is 0 Å². The Balaban J connectivity index is 1.63. The molecule has 6 aromatic rings. The van der Waals surface area contributed by atoms with Crippen LogP contribution in [-0.4, -0.2) is 9.55 Å². The molecule has 4 nitrogen and oxygen atoms in total. The molecule has 166 valence electrons. The van der Waals surface area contributed by atoms with E-state index in [0.29, 0.717) is 5.89 Å². The van der Waals surface area contributed by atoms with Crippen LogP contribution >= 0.6 is 0 Å². The van der Waals surface area contributed by atoms with Crippen molar-refractivity contribution in [2.75, 3.05) is 0 Å². The van der Waals surface area contributed by atoms with Crippen LogP contribution in [0.15, 0.2) is 89.3 Å². The van der Waals surface area contributed by atoms with E-state index in [1.54, 1.807) is 0 Å². The first-order valence-corrected chi connectivity index (χ1v) is 11.6. The van der Waals surface area contributed by atoms with Crippen molar-refractivity contribution in [3.8, 4) is 28.5 Å². The van der Waals surface area contributed by atoms with Gasteiger partial charge in [-0.1, -0.05) is 48.5 Å². The number of fused-ring (bicyclic) bond motifs is 2. The van der Waals surface area contributed by atoms with E-state index in [9.17, 15) is 0 Å². The molecule has 0 fully saturated rings. The predicted molar refractivity (Wildman–Crippen MR) is 137 cm³/mol. The van der Waals surface area contributed by atoms with Crippen molar-refractivity contribution in [2.24, 2.45) is 7.05 Å². The summed E-state index contributed by atoms with van der Waals surface area (Å²) in [6.07, 6.45) is 0. The van der Waals surface area contributed by atoms with Crippen molar-refractivity contribution in [3.63, 3.8) is 0 Å². The molecule has 0 aliphatic rings. The maximum Gasteiger partial charge on any atom is 0.295 e. The lowest BCUT2D eigenvalue weighted by atomic mass is 10.0. The molecular formula is C30H26N3O+. The van der Waals surface area contributed by atoms with E-state index < -0.39 is 0 Å². The Labute approximate surface area is 198 Å². The molecule has 0 saturated heterocycles. The zero-order valence-corrected chi connectivity index (χ0v) is 19.8. The Bertz CT molecular complexity index is 1670. The van der Waals surface area contributed by atoms with E-state index in [1.807, 2.05) is 0 Å². The van der Waals surface area contributed by atoms with Crippen LogP contribution < -0.4 is 4.57 Å². The van der Waals surface area contributed by atoms with Crippen molar-refractivity contribution >= 4 is 22.1 Å². The number of hydrogen-bond acceptors (Lipinski definition) is 2. The smallest absolute Gasteiger partial charge is 0.295 e. The van der Waals surface area contributed by atoms with Crippen LogP contribution in [0.2, 0.25) is 0 Å². The Morgan fingerprint density at radius 3 is 2.24 bits per heavy atom. The van der Waals surface area contributed by atoms with Gasteiger partial charge in [0.15, 0.2) is 16.6 Å². The largest absolute Gasteiger partial charge is 0.436 e. The van der Waals surface area contributed by atoms with Crippen LogP contribution in [0.4, 0.5) is 0 Å². The molecule has 2 aromatic heterocycles. The number of para-hydroxylation sites is 3. The molecule has 0 unspecified atom stereocenters. The highest BCUT2D eigenvalue weighted by molar-refractivity contribution is 5.86. The normalized spacial score (nSPS) is 11.5. The van der Waals surface area contributed by atoms with Crippen LogP contribution in [0, 0.1) is 20.8 Å². The summed E-state index contributed by atoms with van der Waals surface area (Å²) in [4.78, 5) is 4.93. The zero-order valence-electron chi connectivity index (χ0n) is 19.8. The van der Waals surface area contributed by atoms with Crippen molar-refractivity contribution in [1.29, 1.82) is 0 Å². The van der Waals surface area contributed by atoms with E-state index in [4.69, 9.17) is 9.40 Å².